The van der Waals surface area contributed by atoms with Crippen LogP contribution in [-0.2, 0) is 21.6 Å². The Kier molecular flexibility index (Phi) is 7.04. The number of aliphatic hydroxyl groups excluding tert-OH is 2. The standard InChI is InChI=1S/C5H12O4S2/c6-1-3-10(8)5-11(9)4-2-7/h6-7H,1-5H2/t10-,11-/m1/s1. The molecule has 0 spiro atoms. The van der Waals surface area contributed by atoms with Crippen LogP contribution in [0, 0.1) is 0 Å². The van der Waals surface area contributed by atoms with Crippen molar-refractivity contribution in [3.63, 3.8) is 0 Å². The molecule has 6 heteroatoms. The Bertz CT molecular complexity index is 131. The highest BCUT2D eigenvalue weighted by atomic mass is 32.2. The van der Waals surface area contributed by atoms with Crippen molar-refractivity contribution in [2.45, 2.75) is 0 Å². The van der Waals surface area contributed by atoms with Gasteiger partial charge in [-0.25, -0.2) is 0 Å². The van der Waals surface area contributed by atoms with Crippen molar-refractivity contribution in [3.05, 3.63) is 0 Å². The fourth-order valence-electron chi connectivity index (χ4n) is 0.468. The van der Waals surface area contributed by atoms with Crippen LogP contribution in [0.4, 0.5) is 0 Å². The zero-order valence-electron chi connectivity index (χ0n) is 6.06. The molecule has 0 aliphatic heterocycles. The Balaban J connectivity index is 3.49. The molecule has 0 saturated carbocycles. The van der Waals surface area contributed by atoms with E-state index in [1.165, 1.54) is 0 Å². The molecule has 11 heavy (non-hydrogen) atoms. The predicted molar refractivity (Wildman–Crippen MR) is 45.1 cm³/mol. The van der Waals surface area contributed by atoms with Crippen molar-refractivity contribution in [2.75, 3.05) is 29.8 Å². The van der Waals surface area contributed by atoms with Gasteiger partial charge in [0.1, 0.15) is 0 Å². The van der Waals surface area contributed by atoms with E-state index < -0.39 is 21.6 Å². The lowest BCUT2D eigenvalue weighted by Gasteiger charge is -1.98. The Labute approximate surface area is 70.5 Å². The van der Waals surface area contributed by atoms with Crippen LogP contribution in [0.5, 0.6) is 0 Å². The predicted octanol–water partition coefficient (Wildman–Crippen LogP) is -1.57. The molecule has 0 unspecified atom stereocenters. The van der Waals surface area contributed by atoms with Gasteiger partial charge in [-0.15, -0.1) is 0 Å². The number of hydrogen-bond acceptors (Lipinski definition) is 4. The quantitative estimate of drug-likeness (QED) is 0.543. The van der Waals surface area contributed by atoms with Crippen LogP contribution < -0.4 is 0 Å². The number of hydrogen-bond donors (Lipinski definition) is 2. The Morgan fingerprint density at radius 2 is 1.27 bits per heavy atom. The van der Waals surface area contributed by atoms with Crippen LogP contribution in [0.1, 0.15) is 0 Å². The molecule has 0 aromatic heterocycles. The zero-order chi connectivity index (χ0) is 8.69. The molecule has 0 heterocycles. The van der Waals surface area contributed by atoms with Crippen molar-refractivity contribution in [2.24, 2.45) is 0 Å². The summed E-state index contributed by atoms with van der Waals surface area (Å²) in [6.07, 6.45) is 0. The van der Waals surface area contributed by atoms with Crippen LogP contribution >= 0.6 is 0 Å². The Hall–Kier alpha value is 0.220. The van der Waals surface area contributed by atoms with Crippen molar-refractivity contribution < 1.29 is 18.6 Å². The van der Waals surface area contributed by atoms with Crippen molar-refractivity contribution in [1.82, 2.24) is 0 Å². The largest absolute Gasteiger partial charge is 0.395 e. The van der Waals surface area contributed by atoms with Gasteiger partial charge in [-0.3, -0.25) is 8.42 Å². The molecule has 68 valence electrons. The summed E-state index contributed by atoms with van der Waals surface area (Å²) in [6.45, 7) is -0.300. The SMILES string of the molecule is O=[S@](CCO)C[S@](=O)CCO. The van der Waals surface area contributed by atoms with Crippen LogP contribution in [0.3, 0.4) is 0 Å². The molecule has 2 atom stereocenters. The zero-order valence-corrected chi connectivity index (χ0v) is 7.70. The summed E-state index contributed by atoms with van der Waals surface area (Å²) in [5.41, 5.74) is 0. The summed E-state index contributed by atoms with van der Waals surface area (Å²) in [5, 5.41) is 16.7. The molecular weight excluding hydrogens is 188 g/mol. The second-order valence-corrected chi connectivity index (χ2v) is 5.37. The van der Waals surface area contributed by atoms with Gasteiger partial charge in [-0.2, -0.15) is 0 Å². The highest BCUT2D eigenvalue weighted by molar-refractivity contribution is 8.01. The van der Waals surface area contributed by atoms with Gasteiger partial charge in [0.25, 0.3) is 0 Å². The smallest absolute Gasteiger partial charge is 0.0993 e. The van der Waals surface area contributed by atoms with Gasteiger partial charge in [0.2, 0.25) is 0 Å². The second-order valence-electron chi connectivity index (χ2n) is 1.85. The first kappa shape index (κ1) is 11.2. The molecule has 0 aromatic carbocycles. The summed E-state index contributed by atoms with van der Waals surface area (Å²) in [6, 6.07) is 0. The van der Waals surface area contributed by atoms with E-state index in [-0.39, 0.29) is 29.8 Å². The monoisotopic (exact) mass is 200 g/mol. The molecule has 2 N–H and O–H groups in total. The van der Waals surface area contributed by atoms with Crippen LogP contribution in [-0.4, -0.2) is 48.4 Å². The van der Waals surface area contributed by atoms with Crippen molar-refractivity contribution in [1.29, 1.82) is 0 Å². The minimum Gasteiger partial charge on any atom is -0.395 e. The normalized spacial score (nSPS) is 16.2. The van der Waals surface area contributed by atoms with E-state index in [2.05, 4.69) is 0 Å². The van der Waals surface area contributed by atoms with E-state index in [0.29, 0.717) is 0 Å². The van der Waals surface area contributed by atoms with Crippen LogP contribution in [0.15, 0.2) is 0 Å². The minimum absolute atomic E-state index is 0.0567. The first-order valence-corrected chi connectivity index (χ1v) is 6.10. The maximum Gasteiger partial charge on any atom is 0.0993 e. The molecule has 0 rings (SSSR count). The molecule has 0 aliphatic rings. The third-order valence-electron chi connectivity index (χ3n) is 0.901. The molecule has 0 amide bonds. The van der Waals surface area contributed by atoms with Crippen molar-refractivity contribution in [3.8, 4) is 0 Å². The van der Waals surface area contributed by atoms with Crippen molar-refractivity contribution >= 4 is 21.6 Å². The molecule has 0 aliphatic carbocycles. The van der Waals surface area contributed by atoms with E-state index in [9.17, 15) is 8.42 Å². The first-order valence-electron chi connectivity index (χ1n) is 3.12. The maximum atomic E-state index is 10.8. The van der Waals surface area contributed by atoms with Gasteiger partial charge in [-0.05, 0) is 0 Å². The van der Waals surface area contributed by atoms with Gasteiger partial charge >= 0.3 is 0 Å². The lowest BCUT2D eigenvalue weighted by Crippen LogP contribution is -2.14. The average molecular weight is 200 g/mol. The van der Waals surface area contributed by atoms with E-state index in [0.717, 1.165) is 0 Å². The highest BCUT2D eigenvalue weighted by Crippen LogP contribution is 1.88. The fourth-order valence-corrected chi connectivity index (χ4v) is 2.99. The molecule has 0 aromatic rings. The summed E-state index contributed by atoms with van der Waals surface area (Å²) in [5.74, 6) is 0.328. The van der Waals surface area contributed by atoms with E-state index in [1.54, 1.807) is 0 Å². The maximum absolute atomic E-state index is 10.8. The summed E-state index contributed by atoms with van der Waals surface area (Å²) in [7, 11) is -2.43. The molecule has 4 nitrogen and oxygen atoms in total. The first-order chi connectivity index (χ1) is 5.20. The summed E-state index contributed by atoms with van der Waals surface area (Å²) < 4.78 is 21.6. The average Bonchev–Trinajstić information content (AvgIpc) is 1.87. The van der Waals surface area contributed by atoms with Gasteiger partial charge in [0.15, 0.2) is 0 Å². The third-order valence-corrected chi connectivity index (χ3v) is 4.28. The van der Waals surface area contributed by atoms with Gasteiger partial charge in [-0.1, -0.05) is 0 Å². The van der Waals surface area contributed by atoms with E-state index in [1.807, 2.05) is 0 Å². The van der Waals surface area contributed by atoms with Crippen LogP contribution in [0.25, 0.3) is 0 Å². The Morgan fingerprint density at radius 1 is 0.909 bits per heavy atom. The van der Waals surface area contributed by atoms with E-state index in [4.69, 9.17) is 10.2 Å². The van der Waals surface area contributed by atoms with Gasteiger partial charge in [0, 0.05) is 33.1 Å². The lowest BCUT2D eigenvalue weighted by atomic mass is 10.9. The third kappa shape index (κ3) is 6.61. The van der Waals surface area contributed by atoms with Crippen LogP contribution in [0.2, 0.25) is 0 Å². The fraction of sp³-hybridized carbons (Fsp3) is 1.00. The van der Waals surface area contributed by atoms with Gasteiger partial charge < -0.3 is 10.2 Å². The van der Waals surface area contributed by atoms with E-state index >= 15 is 0 Å². The second kappa shape index (κ2) is 6.90. The molecule has 0 bridgehead atoms. The molecule has 0 radical (unpaired) electrons. The molecular formula is C5H12O4S2. The van der Waals surface area contributed by atoms with Gasteiger partial charge in [0.05, 0.1) is 18.3 Å². The molecule has 0 fully saturated rings. The Morgan fingerprint density at radius 3 is 1.55 bits per heavy atom. The highest BCUT2D eigenvalue weighted by Gasteiger charge is 2.04. The minimum atomic E-state index is -1.21. The number of aliphatic hydroxyl groups is 2. The summed E-state index contributed by atoms with van der Waals surface area (Å²) in [4.78, 5) is 0. The lowest BCUT2D eigenvalue weighted by molar-refractivity contribution is 0.321. The topological polar surface area (TPSA) is 74.6 Å². The number of rotatable bonds is 6. The molecule has 0 saturated heterocycles. The summed E-state index contributed by atoms with van der Waals surface area (Å²) >= 11 is 0.